The molecule has 8 aromatic carbocycles. The largest absolute Gasteiger partial charge is 0.493 e. The van der Waals surface area contributed by atoms with E-state index >= 15 is 0 Å². The second-order valence-corrected chi connectivity index (χ2v) is 28.8. The lowest BCUT2D eigenvalue weighted by atomic mass is 9.70. The first-order valence-corrected chi connectivity index (χ1v) is 39.1. The fourth-order valence-electron chi connectivity index (χ4n) is 14.9. The lowest BCUT2D eigenvalue weighted by Crippen LogP contribution is -2.25. The van der Waals surface area contributed by atoms with Crippen molar-refractivity contribution in [3.63, 3.8) is 0 Å². The molecule has 0 N–H and O–H groups in total. The molecule has 0 heterocycles. The van der Waals surface area contributed by atoms with Crippen molar-refractivity contribution in [1.82, 2.24) is 0 Å². The van der Waals surface area contributed by atoms with E-state index in [1.165, 1.54) is 217 Å². The highest BCUT2D eigenvalue weighted by Crippen LogP contribution is 2.56. The lowest BCUT2D eigenvalue weighted by Gasteiger charge is -2.33. The Bertz CT molecular complexity index is 3170. The average molecular weight is 1300 g/mol. The number of fused-ring (bicyclic) bond motifs is 3. The van der Waals surface area contributed by atoms with Gasteiger partial charge in [0.05, 0.1) is 26.4 Å². The van der Waals surface area contributed by atoms with E-state index < -0.39 is 0 Å². The highest BCUT2D eigenvalue weighted by Gasteiger charge is 2.43. The summed E-state index contributed by atoms with van der Waals surface area (Å²) in [7, 11) is 0. The van der Waals surface area contributed by atoms with E-state index in [0.717, 1.165) is 88.0 Å². The van der Waals surface area contributed by atoms with E-state index in [1.54, 1.807) is 0 Å². The molecule has 9 rings (SSSR count). The molecule has 0 bridgehead atoms. The number of rotatable bonds is 44. The molecule has 518 valence electrons. The lowest BCUT2D eigenvalue weighted by molar-refractivity contribution is 0.233. The van der Waals surface area contributed by atoms with E-state index in [1.807, 2.05) is 0 Å². The number of benzene rings is 8. The van der Waals surface area contributed by atoms with Crippen molar-refractivity contribution in [3.05, 3.63) is 181 Å². The fraction of sp³-hybridized carbons (Fsp3) is 0.484. The van der Waals surface area contributed by atoms with Gasteiger partial charge >= 0.3 is 0 Å². The van der Waals surface area contributed by atoms with E-state index in [9.17, 15) is 0 Å². The van der Waals surface area contributed by atoms with Gasteiger partial charge in [0.2, 0.25) is 0 Å². The average Bonchev–Trinajstić information content (AvgIpc) is 1.57. The van der Waals surface area contributed by atoms with Gasteiger partial charge in [-0.2, -0.15) is 0 Å². The van der Waals surface area contributed by atoms with Crippen LogP contribution < -0.4 is 18.9 Å². The van der Waals surface area contributed by atoms with Crippen LogP contribution in [0.25, 0.3) is 77.9 Å². The van der Waals surface area contributed by atoms with Gasteiger partial charge in [0.1, 0.15) is 23.0 Å². The number of ether oxygens (including phenoxy) is 4. The van der Waals surface area contributed by atoms with E-state index in [0.29, 0.717) is 23.7 Å². The van der Waals surface area contributed by atoms with Gasteiger partial charge in [-0.3, -0.25) is 0 Å². The van der Waals surface area contributed by atoms with Crippen LogP contribution in [-0.2, 0) is 5.41 Å². The van der Waals surface area contributed by atoms with Crippen LogP contribution in [0.1, 0.15) is 247 Å². The third-order valence-electron chi connectivity index (χ3n) is 21.7. The SMILES string of the molecule is CCCCCCC1(CCCCCC)c2cc(-c3cc(-c4ccc(OCC(CC)CCCC)cc4)cc(-c4ccc(OCC(CC)CCCC)cc4)c3)ccc2-c2ccc(-c3cc(-c4ccc(OCC(CC)CCCC)cc4)cc(-c4ccc(OCC(CC)CCCC)cc4)c3)cc21. The molecule has 0 fully saturated rings. The minimum absolute atomic E-state index is 0.155. The van der Waals surface area contributed by atoms with Gasteiger partial charge in [-0.15, -0.1) is 0 Å². The predicted octanol–water partition coefficient (Wildman–Crippen LogP) is 28.3. The normalized spacial score (nSPS) is 13.6. The third-order valence-corrected chi connectivity index (χ3v) is 21.7. The summed E-state index contributed by atoms with van der Waals surface area (Å²) in [4.78, 5) is 0. The molecule has 0 aliphatic heterocycles. The Balaban J connectivity index is 1.13. The molecule has 0 spiro atoms. The van der Waals surface area contributed by atoms with Gasteiger partial charge in [0.15, 0.2) is 0 Å². The molecule has 0 radical (unpaired) electrons. The Hall–Kier alpha value is -7.04. The summed E-state index contributed by atoms with van der Waals surface area (Å²) >= 11 is 0. The van der Waals surface area contributed by atoms with E-state index in [4.69, 9.17) is 18.9 Å². The van der Waals surface area contributed by atoms with Crippen molar-refractivity contribution in [2.75, 3.05) is 26.4 Å². The van der Waals surface area contributed by atoms with E-state index in [-0.39, 0.29) is 5.41 Å². The molecule has 97 heavy (non-hydrogen) atoms. The molecular weight excluding hydrogens is 1180 g/mol. The maximum Gasteiger partial charge on any atom is 0.119 e. The van der Waals surface area contributed by atoms with Crippen LogP contribution in [0, 0.1) is 23.7 Å². The molecule has 0 aromatic heterocycles. The molecule has 0 saturated heterocycles. The molecule has 4 nitrogen and oxygen atoms in total. The van der Waals surface area contributed by atoms with Crippen LogP contribution in [0.4, 0.5) is 0 Å². The highest BCUT2D eigenvalue weighted by molar-refractivity contribution is 5.89. The van der Waals surface area contributed by atoms with Crippen molar-refractivity contribution in [3.8, 4) is 101 Å². The topological polar surface area (TPSA) is 36.9 Å². The van der Waals surface area contributed by atoms with Gasteiger partial charge in [-0.25, -0.2) is 0 Å². The zero-order chi connectivity index (χ0) is 68.2. The van der Waals surface area contributed by atoms with Crippen molar-refractivity contribution in [2.45, 2.75) is 242 Å². The van der Waals surface area contributed by atoms with Crippen molar-refractivity contribution in [2.24, 2.45) is 23.7 Å². The van der Waals surface area contributed by atoms with Gasteiger partial charge in [0, 0.05) is 5.41 Å². The van der Waals surface area contributed by atoms with Crippen LogP contribution in [0.15, 0.2) is 170 Å². The molecule has 1 aliphatic rings. The summed E-state index contributed by atoms with van der Waals surface area (Å²) in [6, 6.07) is 65.3. The molecule has 4 atom stereocenters. The van der Waals surface area contributed by atoms with Crippen LogP contribution in [0.2, 0.25) is 0 Å². The van der Waals surface area contributed by atoms with Crippen LogP contribution >= 0.6 is 0 Å². The first-order valence-electron chi connectivity index (χ1n) is 39.1. The maximum absolute atomic E-state index is 6.49. The number of hydrogen-bond acceptors (Lipinski definition) is 4. The molecular formula is C93H122O4. The predicted molar refractivity (Wildman–Crippen MR) is 418 cm³/mol. The Kier molecular flexibility index (Phi) is 29.8. The third kappa shape index (κ3) is 20.5. The Morgan fingerprint density at radius 1 is 0.237 bits per heavy atom. The van der Waals surface area contributed by atoms with Crippen molar-refractivity contribution in [1.29, 1.82) is 0 Å². The monoisotopic (exact) mass is 1300 g/mol. The first kappa shape index (κ1) is 74.2. The second-order valence-electron chi connectivity index (χ2n) is 28.8. The maximum atomic E-state index is 6.49. The van der Waals surface area contributed by atoms with Gasteiger partial charge in [-0.05, 0) is 248 Å². The highest BCUT2D eigenvalue weighted by atomic mass is 16.5. The summed E-state index contributed by atoms with van der Waals surface area (Å²) in [5.41, 5.74) is 20.2. The quantitative estimate of drug-likeness (QED) is 0.0357. The molecule has 0 saturated carbocycles. The number of unbranched alkanes of at least 4 members (excludes halogenated alkanes) is 10. The molecule has 4 heteroatoms. The Morgan fingerprint density at radius 2 is 0.474 bits per heavy atom. The van der Waals surface area contributed by atoms with Crippen LogP contribution in [0.5, 0.6) is 23.0 Å². The first-order chi connectivity index (χ1) is 47.6. The minimum atomic E-state index is -0.155. The summed E-state index contributed by atoms with van der Waals surface area (Å²) in [6.07, 6.45) is 31.3. The molecule has 1 aliphatic carbocycles. The second kappa shape index (κ2) is 38.9. The number of hydrogen-bond donors (Lipinski definition) is 0. The Labute approximate surface area is 589 Å². The van der Waals surface area contributed by atoms with Crippen LogP contribution in [0.3, 0.4) is 0 Å². The molecule has 0 amide bonds. The van der Waals surface area contributed by atoms with Crippen molar-refractivity contribution < 1.29 is 18.9 Å². The summed E-state index contributed by atoms with van der Waals surface area (Å²) in [5, 5.41) is 0. The van der Waals surface area contributed by atoms with Crippen molar-refractivity contribution >= 4 is 0 Å². The summed E-state index contributed by atoms with van der Waals surface area (Å²) in [6.45, 7) is 26.1. The smallest absolute Gasteiger partial charge is 0.119 e. The zero-order valence-electron chi connectivity index (χ0n) is 61.8. The molecule has 8 aromatic rings. The van der Waals surface area contributed by atoms with E-state index in [2.05, 4.69) is 239 Å². The zero-order valence-corrected chi connectivity index (χ0v) is 61.8. The van der Waals surface area contributed by atoms with Gasteiger partial charge in [0.25, 0.3) is 0 Å². The van der Waals surface area contributed by atoms with Gasteiger partial charge < -0.3 is 18.9 Å². The van der Waals surface area contributed by atoms with Gasteiger partial charge in [-0.1, -0.05) is 270 Å². The summed E-state index contributed by atoms with van der Waals surface area (Å²) < 4.78 is 26.0. The van der Waals surface area contributed by atoms with Crippen LogP contribution in [-0.4, -0.2) is 26.4 Å². The fourth-order valence-corrected chi connectivity index (χ4v) is 14.9. The minimum Gasteiger partial charge on any atom is -0.493 e. The molecule has 4 unspecified atom stereocenters. The Morgan fingerprint density at radius 3 is 0.711 bits per heavy atom. The standard InChI is InChI=1S/C93H122O4/c1-11-21-27-29-55-93(56-30-28-22-12-2)91-63-77(83-59-79(73-35-45-85(46-36-73)94-65-69(17-7)31-23-13-3)57-80(60-83)74-37-47-86(48-38-74)95-66-70(18-8)32-24-14-4)43-53-89(91)90-54-44-78(64-92(90)93)84-61-81(75-39-49-87(50-40-75)96-67-71(19-9)33-25-15-5)58-82(62-84)76-41-51-88(52-42-76)97-68-72(20-10)34-26-16-6/h35-54,57-64,69-72H,11-34,55-56,65-68H2,1-10H3. The summed E-state index contributed by atoms with van der Waals surface area (Å²) in [5.74, 6) is 6.07.